The molecule has 0 unspecified atom stereocenters. The maximum Gasteiger partial charge on any atom is 0.252 e. The zero-order valence-electron chi connectivity index (χ0n) is 14.6. The normalized spacial score (nSPS) is 14.5. The van der Waals surface area contributed by atoms with E-state index >= 15 is 0 Å². The molecule has 1 aromatic heterocycles. The van der Waals surface area contributed by atoms with E-state index in [1.54, 1.807) is 6.20 Å². The Morgan fingerprint density at radius 3 is 2.50 bits per heavy atom. The maximum absolute atomic E-state index is 12.0. The van der Waals surface area contributed by atoms with E-state index in [4.69, 9.17) is 0 Å². The molecule has 7 heteroatoms. The van der Waals surface area contributed by atoms with Gasteiger partial charge in [-0.3, -0.25) is 4.79 Å². The van der Waals surface area contributed by atoms with Gasteiger partial charge in [0.2, 0.25) is 0 Å². The minimum absolute atomic E-state index is 0. The van der Waals surface area contributed by atoms with Crippen LogP contribution in [0.1, 0.15) is 43.5 Å². The first kappa shape index (κ1) is 23.0. The van der Waals surface area contributed by atoms with E-state index in [9.17, 15) is 4.79 Å². The molecule has 0 radical (unpaired) electrons. The number of hydrogen-bond acceptors (Lipinski definition) is 4. The summed E-state index contributed by atoms with van der Waals surface area (Å²) in [5.74, 6) is 1.74. The Labute approximate surface area is 157 Å². The van der Waals surface area contributed by atoms with Crippen LogP contribution in [0, 0.1) is 5.92 Å². The summed E-state index contributed by atoms with van der Waals surface area (Å²) < 4.78 is 0. The molecule has 1 amide bonds. The number of rotatable bonds is 7. The zero-order chi connectivity index (χ0) is 15.8. The highest BCUT2D eigenvalue weighted by molar-refractivity contribution is 5.94. The lowest BCUT2D eigenvalue weighted by Gasteiger charge is -2.31. The van der Waals surface area contributed by atoms with Crippen LogP contribution in [0.5, 0.6) is 0 Å². The predicted molar refractivity (Wildman–Crippen MR) is 105 cm³/mol. The lowest BCUT2D eigenvalue weighted by molar-refractivity contribution is 0.0953. The predicted octanol–water partition coefficient (Wildman–Crippen LogP) is 2.89. The van der Waals surface area contributed by atoms with Crippen molar-refractivity contribution < 1.29 is 4.79 Å². The maximum atomic E-state index is 12.0. The summed E-state index contributed by atoms with van der Waals surface area (Å²) in [6, 6.07) is 3.83. The molecule has 0 spiro atoms. The number of piperidine rings is 1. The lowest BCUT2D eigenvalue weighted by Crippen LogP contribution is -2.34. The van der Waals surface area contributed by atoms with Crippen LogP contribution in [0.3, 0.4) is 0 Å². The molecule has 0 aliphatic carbocycles. The second kappa shape index (κ2) is 12.3. The highest BCUT2D eigenvalue weighted by atomic mass is 35.5. The second-order valence-electron chi connectivity index (χ2n) is 6.08. The number of nitrogens with one attached hydrogen (secondary N) is 2. The molecule has 0 aromatic carbocycles. The van der Waals surface area contributed by atoms with Crippen LogP contribution in [0.15, 0.2) is 18.3 Å². The molecule has 1 saturated heterocycles. The van der Waals surface area contributed by atoms with E-state index in [0.717, 1.165) is 44.3 Å². The van der Waals surface area contributed by atoms with Crippen LogP contribution in [-0.2, 0) is 0 Å². The van der Waals surface area contributed by atoms with Gasteiger partial charge in [-0.1, -0.05) is 13.8 Å². The van der Waals surface area contributed by atoms with Gasteiger partial charge < -0.3 is 15.5 Å². The molecule has 0 bridgehead atoms. The lowest BCUT2D eigenvalue weighted by atomic mass is 9.99. The molecular formula is C17H30Cl2N4O. The Morgan fingerprint density at radius 2 is 1.92 bits per heavy atom. The largest absolute Gasteiger partial charge is 0.357 e. The number of carbonyl (C=O) groups is 1. The number of hydrogen-bond donors (Lipinski definition) is 2. The van der Waals surface area contributed by atoms with E-state index in [1.165, 1.54) is 12.8 Å². The molecule has 1 fully saturated rings. The number of carbonyl (C=O) groups excluding carboxylic acids is 1. The molecular weight excluding hydrogens is 347 g/mol. The van der Waals surface area contributed by atoms with Crippen LogP contribution in [-0.4, -0.2) is 43.6 Å². The van der Waals surface area contributed by atoms with Crippen LogP contribution in [0.25, 0.3) is 0 Å². The summed E-state index contributed by atoms with van der Waals surface area (Å²) in [7, 11) is 0. The van der Waals surface area contributed by atoms with Gasteiger partial charge in [-0.2, -0.15) is 0 Å². The molecule has 24 heavy (non-hydrogen) atoms. The monoisotopic (exact) mass is 376 g/mol. The molecule has 5 nitrogen and oxygen atoms in total. The van der Waals surface area contributed by atoms with Gasteiger partial charge in [-0.05, 0) is 43.9 Å². The molecule has 1 aromatic rings. The number of pyridine rings is 1. The van der Waals surface area contributed by atoms with Crippen LogP contribution in [0.2, 0.25) is 0 Å². The fourth-order valence-electron chi connectivity index (χ4n) is 2.61. The van der Waals surface area contributed by atoms with Gasteiger partial charge in [0, 0.05) is 32.4 Å². The molecule has 2 rings (SSSR count). The van der Waals surface area contributed by atoms with E-state index < -0.39 is 0 Å². The van der Waals surface area contributed by atoms with Crippen molar-refractivity contribution in [3.8, 4) is 0 Å². The Morgan fingerprint density at radius 1 is 1.21 bits per heavy atom. The Hall–Kier alpha value is -1.04. The van der Waals surface area contributed by atoms with E-state index in [0.29, 0.717) is 12.1 Å². The van der Waals surface area contributed by atoms with E-state index in [-0.39, 0.29) is 30.7 Å². The first-order chi connectivity index (χ1) is 10.7. The first-order valence-corrected chi connectivity index (χ1v) is 8.40. The van der Waals surface area contributed by atoms with Crippen molar-refractivity contribution in [1.82, 2.24) is 15.6 Å². The Bertz CT molecular complexity index is 462. The van der Waals surface area contributed by atoms with Crippen molar-refractivity contribution in [1.29, 1.82) is 0 Å². The standard InChI is InChI=1S/C17H28N4O.2ClH/c1-3-8-18-9-10-19-17(22)15-4-5-16(20-13-15)21-11-6-14(2)7-12-21;;/h4-5,13-14,18H,3,6-12H2,1-2H3,(H,19,22);2*1H. The fourth-order valence-corrected chi connectivity index (χ4v) is 2.61. The van der Waals surface area contributed by atoms with Crippen molar-refractivity contribution in [2.45, 2.75) is 33.1 Å². The third-order valence-corrected chi connectivity index (χ3v) is 4.13. The number of amides is 1. The van der Waals surface area contributed by atoms with E-state index in [1.807, 2.05) is 12.1 Å². The SMILES string of the molecule is CCCNCCNC(=O)c1ccc(N2CCC(C)CC2)nc1.Cl.Cl. The van der Waals surface area contributed by atoms with Crippen LogP contribution in [0.4, 0.5) is 5.82 Å². The van der Waals surface area contributed by atoms with Crippen molar-refractivity contribution in [3.05, 3.63) is 23.9 Å². The summed E-state index contributed by atoms with van der Waals surface area (Å²) in [5, 5.41) is 6.17. The Kier molecular flexibility index (Phi) is 11.8. The fraction of sp³-hybridized carbons (Fsp3) is 0.647. The number of halogens is 2. The summed E-state index contributed by atoms with van der Waals surface area (Å²) >= 11 is 0. The second-order valence-corrected chi connectivity index (χ2v) is 6.08. The Balaban J connectivity index is 0.00000264. The van der Waals surface area contributed by atoms with Crippen molar-refractivity contribution in [2.24, 2.45) is 5.92 Å². The molecule has 0 saturated carbocycles. The van der Waals surface area contributed by atoms with Gasteiger partial charge in [-0.25, -0.2) is 4.98 Å². The van der Waals surface area contributed by atoms with Crippen LogP contribution < -0.4 is 15.5 Å². The van der Waals surface area contributed by atoms with Gasteiger partial charge in [0.1, 0.15) is 5.82 Å². The number of anilines is 1. The highest BCUT2D eigenvalue weighted by Crippen LogP contribution is 2.21. The third kappa shape index (κ3) is 7.24. The summed E-state index contributed by atoms with van der Waals surface area (Å²) in [6.45, 7) is 8.98. The van der Waals surface area contributed by atoms with Crippen molar-refractivity contribution in [2.75, 3.05) is 37.6 Å². The summed E-state index contributed by atoms with van der Waals surface area (Å²) in [4.78, 5) is 18.8. The average molecular weight is 377 g/mol. The summed E-state index contributed by atoms with van der Waals surface area (Å²) in [6.07, 6.45) is 5.22. The quantitative estimate of drug-likeness (QED) is 0.718. The van der Waals surface area contributed by atoms with Crippen molar-refractivity contribution in [3.63, 3.8) is 0 Å². The molecule has 2 N–H and O–H groups in total. The molecule has 1 aliphatic rings. The highest BCUT2D eigenvalue weighted by Gasteiger charge is 2.17. The van der Waals surface area contributed by atoms with Gasteiger partial charge in [0.15, 0.2) is 0 Å². The number of nitrogens with zero attached hydrogens (tertiary/aromatic N) is 2. The summed E-state index contributed by atoms with van der Waals surface area (Å²) in [5.41, 5.74) is 0.629. The molecule has 0 atom stereocenters. The zero-order valence-corrected chi connectivity index (χ0v) is 16.2. The minimum atomic E-state index is -0.0513. The van der Waals surface area contributed by atoms with Gasteiger partial charge in [-0.15, -0.1) is 24.8 Å². The van der Waals surface area contributed by atoms with Gasteiger partial charge in [0.05, 0.1) is 5.56 Å². The first-order valence-electron chi connectivity index (χ1n) is 8.40. The van der Waals surface area contributed by atoms with Crippen molar-refractivity contribution >= 4 is 36.5 Å². The third-order valence-electron chi connectivity index (χ3n) is 4.13. The average Bonchev–Trinajstić information content (AvgIpc) is 2.55. The minimum Gasteiger partial charge on any atom is -0.357 e. The van der Waals surface area contributed by atoms with Gasteiger partial charge in [0.25, 0.3) is 5.91 Å². The van der Waals surface area contributed by atoms with Crippen LogP contribution >= 0.6 is 24.8 Å². The topological polar surface area (TPSA) is 57.3 Å². The van der Waals surface area contributed by atoms with E-state index in [2.05, 4.69) is 34.4 Å². The number of aromatic nitrogens is 1. The van der Waals surface area contributed by atoms with Gasteiger partial charge >= 0.3 is 0 Å². The molecule has 2 heterocycles. The molecule has 1 aliphatic heterocycles. The smallest absolute Gasteiger partial charge is 0.252 e. The molecule has 138 valence electrons.